The average Bonchev–Trinajstić information content (AvgIpc) is 2.59. The lowest BCUT2D eigenvalue weighted by Crippen LogP contribution is -2.40. The summed E-state index contributed by atoms with van der Waals surface area (Å²) in [4.78, 5) is 0.232. The topological polar surface area (TPSA) is 43.4 Å². The fourth-order valence-electron chi connectivity index (χ4n) is 2.82. The Morgan fingerprint density at radius 1 is 0.880 bits per heavy atom. The van der Waals surface area contributed by atoms with Crippen molar-refractivity contribution in [2.45, 2.75) is 50.2 Å². The van der Waals surface area contributed by atoms with Gasteiger partial charge in [-0.25, -0.2) is 0 Å². The van der Waals surface area contributed by atoms with Crippen LogP contribution in [0.5, 0.6) is 0 Å². The van der Waals surface area contributed by atoms with Gasteiger partial charge in [-0.15, -0.1) is 0 Å². The molecule has 0 spiro atoms. The van der Waals surface area contributed by atoms with E-state index in [0.717, 1.165) is 24.8 Å². The van der Waals surface area contributed by atoms with E-state index in [1.54, 1.807) is 24.3 Å². The van der Waals surface area contributed by atoms with Crippen molar-refractivity contribution in [3.8, 4) is 0 Å². The van der Waals surface area contributed by atoms with Crippen LogP contribution in [0.1, 0.15) is 24.8 Å². The second-order valence-corrected chi connectivity index (χ2v) is 13.6. The molecular formula is C20H28O3SSi. The predicted molar refractivity (Wildman–Crippen MR) is 107 cm³/mol. The summed E-state index contributed by atoms with van der Waals surface area (Å²) in [5.41, 5.74) is 1.03. The minimum Gasteiger partial charge on any atom is -0.266 e. The van der Waals surface area contributed by atoms with Gasteiger partial charge in [0.15, 0.2) is 0 Å². The number of unbranched alkanes of at least 4 members (excludes halogenated alkanes) is 2. The van der Waals surface area contributed by atoms with Crippen LogP contribution in [-0.2, 0) is 14.3 Å². The van der Waals surface area contributed by atoms with Crippen molar-refractivity contribution >= 4 is 23.4 Å². The molecule has 0 unspecified atom stereocenters. The van der Waals surface area contributed by atoms with E-state index in [0.29, 0.717) is 0 Å². The maximum atomic E-state index is 12.1. The third kappa shape index (κ3) is 6.10. The summed E-state index contributed by atoms with van der Waals surface area (Å²) in [6.45, 7) is 6.96. The number of hydrogen-bond donors (Lipinski definition) is 0. The zero-order chi connectivity index (χ0) is 18.3. The molecule has 0 atom stereocenters. The molecule has 5 heteroatoms. The van der Waals surface area contributed by atoms with E-state index in [9.17, 15) is 8.42 Å². The van der Waals surface area contributed by atoms with E-state index in [2.05, 4.69) is 43.4 Å². The molecule has 0 bridgehead atoms. The van der Waals surface area contributed by atoms with Crippen molar-refractivity contribution in [1.82, 2.24) is 0 Å². The fraction of sp³-hybridized carbons (Fsp3) is 0.400. The Kier molecular flexibility index (Phi) is 6.99. The van der Waals surface area contributed by atoms with Crippen LogP contribution in [0, 0.1) is 6.92 Å². The molecular weight excluding hydrogens is 348 g/mol. The molecule has 0 aliphatic carbocycles. The van der Waals surface area contributed by atoms with Crippen LogP contribution in [0.2, 0.25) is 19.1 Å². The third-order valence-electron chi connectivity index (χ3n) is 4.55. The molecule has 2 aromatic rings. The maximum Gasteiger partial charge on any atom is 0.296 e. The Labute approximate surface area is 153 Å². The zero-order valence-corrected chi connectivity index (χ0v) is 17.2. The van der Waals surface area contributed by atoms with Gasteiger partial charge in [-0.05, 0) is 25.5 Å². The van der Waals surface area contributed by atoms with Crippen molar-refractivity contribution < 1.29 is 12.6 Å². The first-order valence-corrected chi connectivity index (χ1v) is 13.4. The fourth-order valence-corrected chi connectivity index (χ4v) is 6.28. The van der Waals surface area contributed by atoms with Gasteiger partial charge >= 0.3 is 0 Å². The molecule has 0 fully saturated rings. The summed E-state index contributed by atoms with van der Waals surface area (Å²) < 4.78 is 29.4. The highest BCUT2D eigenvalue weighted by Gasteiger charge is 2.22. The molecule has 0 N–H and O–H groups in total. The molecule has 0 amide bonds. The standard InChI is InChI=1S/C20H28O3SSi/c1-18-12-14-19(15-13-18)24(21,22)23-16-8-5-9-17-25(2,3)20-10-6-4-7-11-20/h4,6-7,10-15H,5,8-9,16-17H2,1-3H3. The van der Waals surface area contributed by atoms with Crippen molar-refractivity contribution in [1.29, 1.82) is 0 Å². The summed E-state index contributed by atoms with van der Waals surface area (Å²) in [6.07, 6.45) is 2.87. The van der Waals surface area contributed by atoms with Crippen molar-refractivity contribution in [3.05, 3.63) is 60.2 Å². The van der Waals surface area contributed by atoms with Gasteiger partial charge in [0, 0.05) is 0 Å². The monoisotopic (exact) mass is 376 g/mol. The smallest absolute Gasteiger partial charge is 0.266 e. The largest absolute Gasteiger partial charge is 0.296 e. The minimum absolute atomic E-state index is 0.232. The highest BCUT2D eigenvalue weighted by molar-refractivity contribution is 7.86. The molecule has 0 aromatic heterocycles. The van der Waals surface area contributed by atoms with Gasteiger partial charge < -0.3 is 0 Å². The minimum atomic E-state index is -3.63. The van der Waals surface area contributed by atoms with E-state index in [4.69, 9.17) is 4.18 Å². The van der Waals surface area contributed by atoms with Crippen LogP contribution in [-0.4, -0.2) is 23.1 Å². The van der Waals surface area contributed by atoms with E-state index in [1.807, 2.05) is 6.92 Å². The average molecular weight is 377 g/mol. The molecule has 0 radical (unpaired) electrons. The van der Waals surface area contributed by atoms with Crippen LogP contribution in [0.25, 0.3) is 0 Å². The molecule has 136 valence electrons. The Morgan fingerprint density at radius 3 is 2.16 bits per heavy atom. The van der Waals surface area contributed by atoms with Crippen LogP contribution in [0.15, 0.2) is 59.5 Å². The Morgan fingerprint density at radius 2 is 1.52 bits per heavy atom. The first-order valence-electron chi connectivity index (χ1n) is 8.83. The summed E-state index contributed by atoms with van der Waals surface area (Å²) in [7, 11) is -5.02. The van der Waals surface area contributed by atoms with Crippen molar-refractivity contribution in [2.24, 2.45) is 0 Å². The van der Waals surface area contributed by atoms with Gasteiger partial charge in [0.1, 0.15) is 0 Å². The summed E-state index contributed by atoms with van der Waals surface area (Å²) >= 11 is 0. The molecule has 2 aromatic carbocycles. The highest BCUT2D eigenvalue weighted by Crippen LogP contribution is 2.17. The quantitative estimate of drug-likeness (QED) is 0.368. The van der Waals surface area contributed by atoms with E-state index < -0.39 is 18.2 Å². The number of aryl methyl sites for hydroxylation is 1. The Bertz CT molecular complexity index is 753. The van der Waals surface area contributed by atoms with Crippen molar-refractivity contribution in [2.75, 3.05) is 6.61 Å². The first-order chi connectivity index (χ1) is 11.8. The van der Waals surface area contributed by atoms with Crippen LogP contribution >= 0.6 is 0 Å². The Hall–Kier alpha value is -1.43. The SMILES string of the molecule is Cc1ccc(S(=O)(=O)OCCCCC[Si](C)(C)c2ccccc2)cc1. The molecule has 0 saturated carbocycles. The van der Waals surface area contributed by atoms with E-state index in [1.165, 1.54) is 11.2 Å². The van der Waals surface area contributed by atoms with Gasteiger partial charge in [-0.1, -0.05) is 85.2 Å². The molecule has 3 nitrogen and oxygen atoms in total. The zero-order valence-electron chi connectivity index (χ0n) is 15.4. The lowest BCUT2D eigenvalue weighted by atomic mass is 10.2. The molecule has 0 aliphatic heterocycles. The molecule has 0 saturated heterocycles. The van der Waals surface area contributed by atoms with Crippen molar-refractivity contribution in [3.63, 3.8) is 0 Å². The number of rotatable bonds is 9. The summed E-state index contributed by atoms with van der Waals surface area (Å²) in [5, 5.41) is 1.48. The second-order valence-electron chi connectivity index (χ2n) is 7.15. The summed E-state index contributed by atoms with van der Waals surface area (Å²) in [5.74, 6) is 0. The second kappa shape index (κ2) is 8.78. The molecule has 2 rings (SSSR count). The lowest BCUT2D eigenvalue weighted by molar-refractivity contribution is 0.308. The van der Waals surface area contributed by atoms with Crippen LogP contribution < -0.4 is 5.19 Å². The maximum absolute atomic E-state index is 12.1. The van der Waals surface area contributed by atoms with Crippen LogP contribution in [0.4, 0.5) is 0 Å². The van der Waals surface area contributed by atoms with Gasteiger partial charge in [-0.2, -0.15) is 8.42 Å². The molecule has 0 aliphatic rings. The molecule has 0 heterocycles. The number of hydrogen-bond acceptors (Lipinski definition) is 3. The first kappa shape index (κ1) is 19.9. The van der Waals surface area contributed by atoms with E-state index >= 15 is 0 Å². The summed E-state index contributed by atoms with van der Waals surface area (Å²) in [6, 6.07) is 18.7. The van der Waals surface area contributed by atoms with Crippen LogP contribution in [0.3, 0.4) is 0 Å². The predicted octanol–water partition coefficient (Wildman–Crippen LogP) is 4.49. The number of benzene rings is 2. The molecule has 25 heavy (non-hydrogen) atoms. The van der Waals surface area contributed by atoms with Gasteiger partial charge in [0.05, 0.1) is 19.6 Å². The lowest BCUT2D eigenvalue weighted by Gasteiger charge is -2.22. The van der Waals surface area contributed by atoms with Gasteiger partial charge in [0.25, 0.3) is 10.1 Å². The highest BCUT2D eigenvalue weighted by atomic mass is 32.2. The van der Waals surface area contributed by atoms with Gasteiger partial charge in [-0.3, -0.25) is 4.18 Å². The third-order valence-corrected chi connectivity index (χ3v) is 9.38. The normalized spacial score (nSPS) is 12.3. The Balaban J connectivity index is 1.72. The van der Waals surface area contributed by atoms with E-state index in [-0.39, 0.29) is 11.5 Å². The van der Waals surface area contributed by atoms with Gasteiger partial charge in [0.2, 0.25) is 0 Å².